The number of nitrogens with zero attached hydrogens (tertiary/aromatic N) is 1. The van der Waals surface area contributed by atoms with E-state index < -0.39 is 0 Å². The molecule has 0 heterocycles. The zero-order valence-electron chi connectivity index (χ0n) is 7.49. The third kappa shape index (κ3) is 3.14. The molecule has 3 heteroatoms. The van der Waals surface area contributed by atoms with E-state index in [1.54, 1.807) is 7.11 Å². The predicted octanol–water partition coefficient (Wildman–Crippen LogP) is 1.74. The predicted molar refractivity (Wildman–Crippen MR) is 48.3 cm³/mol. The lowest BCUT2D eigenvalue weighted by Gasteiger charge is -2.04. The molecule has 0 aliphatic carbocycles. The number of benzene rings is 1. The normalized spacial score (nSPS) is 9.23. The van der Waals surface area contributed by atoms with Gasteiger partial charge in [0.15, 0.2) is 6.79 Å². The molecule has 13 heavy (non-hydrogen) atoms. The van der Waals surface area contributed by atoms with Crippen LogP contribution in [0.1, 0.15) is 5.56 Å². The van der Waals surface area contributed by atoms with Crippen molar-refractivity contribution >= 4 is 0 Å². The van der Waals surface area contributed by atoms with E-state index in [4.69, 9.17) is 14.7 Å². The van der Waals surface area contributed by atoms with Gasteiger partial charge in [-0.3, -0.25) is 0 Å². The monoisotopic (exact) mass is 177 g/mol. The molecular formula is C10H11NO2. The highest BCUT2D eigenvalue weighted by atomic mass is 16.7. The van der Waals surface area contributed by atoms with Crippen molar-refractivity contribution in [3.8, 4) is 11.8 Å². The van der Waals surface area contributed by atoms with Crippen molar-refractivity contribution in [1.29, 1.82) is 5.26 Å². The minimum atomic E-state index is 0.248. The van der Waals surface area contributed by atoms with Crippen molar-refractivity contribution in [3.63, 3.8) is 0 Å². The third-order valence-electron chi connectivity index (χ3n) is 1.55. The fourth-order valence-corrected chi connectivity index (χ4v) is 0.922. The van der Waals surface area contributed by atoms with E-state index in [2.05, 4.69) is 6.07 Å². The standard InChI is InChI=1S/C10H11NO2/c1-12-8-13-10-4-2-9(3-5-10)6-7-11/h2-5H,6,8H2,1H3. The summed E-state index contributed by atoms with van der Waals surface area (Å²) in [5.74, 6) is 0.753. The molecule has 0 unspecified atom stereocenters. The van der Waals surface area contributed by atoms with Crippen LogP contribution >= 0.6 is 0 Å². The van der Waals surface area contributed by atoms with Crippen molar-refractivity contribution in [2.24, 2.45) is 0 Å². The van der Waals surface area contributed by atoms with Crippen molar-refractivity contribution in [2.75, 3.05) is 13.9 Å². The average molecular weight is 177 g/mol. The maximum atomic E-state index is 8.43. The molecule has 3 nitrogen and oxygen atoms in total. The quantitative estimate of drug-likeness (QED) is 0.658. The highest BCUT2D eigenvalue weighted by Gasteiger charge is 1.93. The Bertz CT molecular complexity index is 287. The van der Waals surface area contributed by atoms with Gasteiger partial charge in [0.2, 0.25) is 0 Å². The van der Waals surface area contributed by atoms with Gasteiger partial charge < -0.3 is 9.47 Å². The smallest absolute Gasteiger partial charge is 0.188 e. The molecule has 1 rings (SSSR count). The first-order chi connectivity index (χ1) is 6.36. The van der Waals surface area contributed by atoms with Gasteiger partial charge in [0.25, 0.3) is 0 Å². The van der Waals surface area contributed by atoms with Crippen LogP contribution in [0.15, 0.2) is 24.3 Å². The molecule has 0 aliphatic heterocycles. The van der Waals surface area contributed by atoms with E-state index in [1.807, 2.05) is 24.3 Å². The Morgan fingerprint density at radius 2 is 2.00 bits per heavy atom. The fourth-order valence-electron chi connectivity index (χ4n) is 0.922. The van der Waals surface area contributed by atoms with Gasteiger partial charge in [-0.05, 0) is 17.7 Å². The Morgan fingerprint density at radius 3 is 2.54 bits per heavy atom. The van der Waals surface area contributed by atoms with Crippen LogP contribution in [0.4, 0.5) is 0 Å². The SMILES string of the molecule is COCOc1ccc(CC#N)cc1. The Hall–Kier alpha value is -1.53. The number of nitriles is 1. The highest BCUT2D eigenvalue weighted by molar-refractivity contribution is 5.28. The second-order valence-corrected chi connectivity index (χ2v) is 2.53. The summed E-state index contributed by atoms with van der Waals surface area (Å²) in [6.07, 6.45) is 0.435. The lowest BCUT2D eigenvalue weighted by atomic mass is 10.2. The minimum Gasteiger partial charge on any atom is -0.468 e. The van der Waals surface area contributed by atoms with Crippen LogP contribution in [0, 0.1) is 11.3 Å². The third-order valence-corrected chi connectivity index (χ3v) is 1.55. The van der Waals surface area contributed by atoms with E-state index in [0.29, 0.717) is 6.42 Å². The van der Waals surface area contributed by atoms with Crippen LogP contribution in [0.3, 0.4) is 0 Å². The van der Waals surface area contributed by atoms with Gasteiger partial charge in [-0.15, -0.1) is 0 Å². The molecule has 0 aliphatic rings. The Morgan fingerprint density at radius 1 is 1.31 bits per heavy atom. The van der Waals surface area contributed by atoms with Gasteiger partial charge in [-0.25, -0.2) is 0 Å². The Balaban J connectivity index is 2.55. The first-order valence-electron chi connectivity index (χ1n) is 3.94. The van der Waals surface area contributed by atoms with E-state index in [0.717, 1.165) is 11.3 Å². The summed E-state index contributed by atoms with van der Waals surface area (Å²) in [6.45, 7) is 0.248. The van der Waals surface area contributed by atoms with Gasteiger partial charge in [-0.2, -0.15) is 5.26 Å². The van der Waals surface area contributed by atoms with Crippen LogP contribution in [-0.2, 0) is 11.2 Å². The maximum absolute atomic E-state index is 8.43. The van der Waals surface area contributed by atoms with Gasteiger partial charge in [0.1, 0.15) is 5.75 Å². The molecule has 0 saturated heterocycles. The summed E-state index contributed by atoms with van der Waals surface area (Å²) in [4.78, 5) is 0. The lowest BCUT2D eigenvalue weighted by molar-refractivity contribution is 0.0511. The molecule has 0 atom stereocenters. The molecular weight excluding hydrogens is 166 g/mol. The van der Waals surface area contributed by atoms with E-state index in [9.17, 15) is 0 Å². The van der Waals surface area contributed by atoms with E-state index in [-0.39, 0.29) is 6.79 Å². The van der Waals surface area contributed by atoms with Gasteiger partial charge >= 0.3 is 0 Å². The lowest BCUT2D eigenvalue weighted by Crippen LogP contribution is -1.98. The van der Waals surface area contributed by atoms with Gasteiger partial charge in [-0.1, -0.05) is 12.1 Å². The summed E-state index contributed by atoms with van der Waals surface area (Å²) < 4.78 is 9.93. The summed E-state index contributed by atoms with van der Waals surface area (Å²) >= 11 is 0. The second kappa shape index (κ2) is 5.18. The highest BCUT2D eigenvalue weighted by Crippen LogP contribution is 2.12. The number of hydrogen-bond donors (Lipinski definition) is 0. The van der Waals surface area contributed by atoms with Crippen LogP contribution in [-0.4, -0.2) is 13.9 Å². The molecule has 0 fully saturated rings. The molecule has 0 N–H and O–H groups in total. The molecule has 1 aromatic rings. The topological polar surface area (TPSA) is 42.2 Å². The minimum absolute atomic E-state index is 0.248. The summed E-state index contributed by atoms with van der Waals surface area (Å²) in [7, 11) is 1.57. The molecule has 0 saturated carbocycles. The Kier molecular flexibility index (Phi) is 3.80. The molecule has 0 aromatic heterocycles. The Labute approximate surface area is 77.5 Å². The van der Waals surface area contributed by atoms with E-state index >= 15 is 0 Å². The van der Waals surface area contributed by atoms with Crippen LogP contribution in [0.25, 0.3) is 0 Å². The number of rotatable bonds is 4. The van der Waals surface area contributed by atoms with Crippen LogP contribution < -0.4 is 4.74 Å². The zero-order valence-corrected chi connectivity index (χ0v) is 7.49. The van der Waals surface area contributed by atoms with Gasteiger partial charge in [0.05, 0.1) is 12.5 Å². The number of ether oxygens (including phenoxy) is 2. The van der Waals surface area contributed by atoms with Crippen LogP contribution in [0.2, 0.25) is 0 Å². The largest absolute Gasteiger partial charge is 0.468 e. The summed E-state index contributed by atoms with van der Waals surface area (Å²) in [5, 5.41) is 8.43. The second-order valence-electron chi connectivity index (χ2n) is 2.53. The van der Waals surface area contributed by atoms with Gasteiger partial charge in [0, 0.05) is 7.11 Å². The van der Waals surface area contributed by atoms with Crippen molar-refractivity contribution in [1.82, 2.24) is 0 Å². The molecule has 68 valence electrons. The van der Waals surface area contributed by atoms with Crippen molar-refractivity contribution in [2.45, 2.75) is 6.42 Å². The van der Waals surface area contributed by atoms with Crippen molar-refractivity contribution < 1.29 is 9.47 Å². The first-order valence-corrected chi connectivity index (χ1v) is 3.94. The van der Waals surface area contributed by atoms with Crippen molar-refractivity contribution in [3.05, 3.63) is 29.8 Å². The molecule has 0 radical (unpaired) electrons. The van der Waals surface area contributed by atoms with Crippen LogP contribution in [0.5, 0.6) is 5.75 Å². The molecule has 1 aromatic carbocycles. The zero-order chi connectivity index (χ0) is 9.52. The molecule has 0 amide bonds. The molecule has 0 bridgehead atoms. The summed E-state index contributed by atoms with van der Waals surface area (Å²) in [5.41, 5.74) is 0.993. The maximum Gasteiger partial charge on any atom is 0.188 e. The molecule has 0 spiro atoms. The van der Waals surface area contributed by atoms with E-state index in [1.165, 1.54) is 0 Å². The average Bonchev–Trinajstić information content (AvgIpc) is 2.17. The number of hydrogen-bond acceptors (Lipinski definition) is 3. The number of methoxy groups -OCH3 is 1. The first kappa shape index (κ1) is 9.56. The fraction of sp³-hybridized carbons (Fsp3) is 0.300. The summed E-state index contributed by atoms with van der Waals surface area (Å²) in [6, 6.07) is 9.47.